The molecule has 0 aromatic rings. The first-order chi connectivity index (χ1) is 32.1. The van der Waals surface area contributed by atoms with Crippen LogP contribution in [0.3, 0.4) is 0 Å². The van der Waals surface area contributed by atoms with Crippen molar-refractivity contribution in [1.29, 1.82) is 0 Å². The fourth-order valence-corrected chi connectivity index (χ4v) is 7.90. The Morgan fingerprint density at radius 3 is 1.20 bits per heavy atom. The number of hydrogen-bond acceptors (Lipinski definition) is 13. The average molecular weight is 967 g/mol. The zero-order chi connectivity index (χ0) is 48.4. The molecule has 0 spiro atoms. The van der Waals surface area contributed by atoms with Crippen molar-refractivity contribution in [3.05, 3.63) is 0 Å². The number of ether oxygens (including phenoxy) is 8. The molecule has 0 heterocycles. The van der Waals surface area contributed by atoms with Crippen molar-refractivity contribution in [3.63, 3.8) is 0 Å². The Morgan fingerprint density at radius 1 is 0.379 bits per heavy atom. The second-order valence-electron chi connectivity index (χ2n) is 18.1. The van der Waals surface area contributed by atoms with Crippen LogP contribution in [0.25, 0.3) is 0 Å². The molecule has 66 heavy (non-hydrogen) atoms. The quantitative estimate of drug-likeness (QED) is 0.0323. The fraction of sp³-hybridized carbons (Fsp3) is 0.962. The molecule has 0 radical (unpaired) electrons. The normalized spacial score (nSPS) is 13.2. The molecule has 0 aromatic heterocycles. The van der Waals surface area contributed by atoms with E-state index in [2.05, 4.69) is 31.9 Å². The molecular weight excluding hydrogens is 865 g/mol. The first-order valence-corrected chi connectivity index (χ1v) is 28.6. The summed E-state index contributed by atoms with van der Waals surface area (Å²) in [5, 5.41) is 0. The highest BCUT2D eigenvalue weighted by atomic mass is 32.2. The van der Waals surface area contributed by atoms with Gasteiger partial charge in [0.1, 0.15) is 6.10 Å². The molecule has 3 unspecified atom stereocenters. The van der Waals surface area contributed by atoms with Crippen molar-refractivity contribution in [1.82, 2.24) is 0 Å². The molecule has 3 atom stereocenters. The molecule has 0 N–H and O–H groups in total. The molecule has 0 aromatic carbocycles. The standard InChI is InChI=1S/C52H102O13S/c1-6-10-14-22-30-48(28-12-8-3)44-63-51(53)32-24-18-16-20-26-34-60-46-50(47-61-41-40-58-37-36-57-38-39-59-42-43-65-66(5,55)56)62-35-27-21-17-19-25-33-52(54)64-45-49(29-13-9-4)31-23-15-11-7-2/h48-50H,6-47H2,1-5H3. The molecule has 0 aliphatic rings. The minimum atomic E-state index is -3.45. The van der Waals surface area contributed by atoms with Gasteiger partial charge in [0.15, 0.2) is 0 Å². The van der Waals surface area contributed by atoms with E-state index in [0.29, 0.717) is 104 Å². The second-order valence-corrected chi connectivity index (χ2v) is 19.8. The van der Waals surface area contributed by atoms with Gasteiger partial charge in [-0.15, -0.1) is 0 Å². The summed E-state index contributed by atoms with van der Waals surface area (Å²) in [6.45, 7) is 14.8. The summed E-state index contributed by atoms with van der Waals surface area (Å²) in [5.74, 6) is 0.890. The minimum Gasteiger partial charge on any atom is -0.465 e. The molecule has 0 saturated heterocycles. The van der Waals surface area contributed by atoms with Gasteiger partial charge in [-0.1, -0.05) is 143 Å². The van der Waals surface area contributed by atoms with E-state index in [1.807, 2.05) is 0 Å². The van der Waals surface area contributed by atoms with Crippen LogP contribution in [0.4, 0.5) is 0 Å². The van der Waals surface area contributed by atoms with Crippen molar-refractivity contribution < 1.29 is 60.1 Å². The second kappa shape index (κ2) is 50.0. The van der Waals surface area contributed by atoms with E-state index in [9.17, 15) is 18.0 Å². The van der Waals surface area contributed by atoms with Gasteiger partial charge in [-0.2, -0.15) is 8.42 Å². The first kappa shape index (κ1) is 64.6. The van der Waals surface area contributed by atoms with Gasteiger partial charge >= 0.3 is 11.9 Å². The third-order valence-corrected chi connectivity index (χ3v) is 12.2. The maximum Gasteiger partial charge on any atom is 0.305 e. The molecule has 0 aliphatic carbocycles. The molecule has 14 heteroatoms. The number of unbranched alkanes of at least 4 members (excludes halogenated alkanes) is 16. The van der Waals surface area contributed by atoms with E-state index in [1.54, 1.807) is 0 Å². The van der Waals surface area contributed by atoms with Crippen LogP contribution in [0.1, 0.15) is 207 Å². The molecule has 0 saturated carbocycles. The van der Waals surface area contributed by atoms with Crippen LogP contribution in [0.5, 0.6) is 0 Å². The van der Waals surface area contributed by atoms with Crippen LogP contribution in [0.2, 0.25) is 0 Å². The summed E-state index contributed by atoms with van der Waals surface area (Å²) < 4.78 is 72.5. The topological polar surface area (TPSA) is 151 Å². The highest BCUT2D eigenvalue weighted by Gasteiger charge is 2.14. The Morgan fingerprint density at radius 2 is 0.742 bits per heavy atom. The molecule has 394 valence electrons. The average Bonchev–Trinajstić information content (AvgIpc) is 3.30. The SMILES string of the molecule is CCCCCCC(CCCC)COC(=O)CCCCCCCOCC(COCCOCCOCCOCCOS(C)(=O)=O)OCCCCCCCC(=O)OCC(CCCC)CCCCCC. The Balaban J connectivity index is 4.41. The monoisotopic (exact) mass is 967 g/mol. The van der Waals surface area contributed by atoms with Crippen molar-refractivity contribution in [2.75, 3.05) is 98.8 Å². The Bertz CT molecular complexity index is 1140. The van der Waals surface area contributed by atoms with E-state index in [4.69, 9.17) is 37.9 Å². The number of esters is 2. The maximum absolute atomic E-state index is 12.5. The maximum atomic E-state index is 12.5. The lowest BCUT2D eigenvalue weighted by Crippen LogP contribution is -2.27. The van der Waals surface area contributed by atoms with Crippen molar-refractivity contribution in [2.45, 2.75) is 214 Å². The number of rotatable bonds is 54. The fourth-order valence-electron chi connectivity index (χ4n) is 7.53. The lowest BCUT2D eigenvalue weighted by Gasteiger charge is -2.18. The van der Waals surface area contributed by atoms with Crippen LogP contribution in [0, 0.1) is 11.8 Å². The van der Waals surface area contributed by atoms with E-state index in [0.717, 1.165) is 89.7 Å². The van der Waals surface area contributed by atoms with Gasteiger partial charge in [0.05, 0.1) is 85.5 Å². The Hall–Kier alpha value is -1.39. The highest BCUT2D eigenvalue weighted by molar-refractivity contribution is 7.85. The molecule has 0 bridgehead atoms. The van der Waals surface area contributed by atoms with E-state index < -0.39 is 10.1 Å². The molecule has 0 aliphatic heterocycles. The zero-order valence-electron chi connectivity index (χ0n) is 43.1. The Kier molecular flexibility index (Phi) is 49.0. The van der Waals surface area contributed by atoms with Gasteiger partial charge in [0.2, 0.25) is 0 Å². The largest absolute Gasteiger partial charge is 0.465 e. The minimum absolute atomic E-state index is 0.0133. The van der Waals surface area contributed by atoms with Crippen LogP contribution in [-0.2, 0) is 61.8 Å². The van der Waals surface area contributed by atoms with Crippen LogP contribution in [-0.4, -0.2) is 125 Å². The van der Waals surface area contributed by atoms with Gasteiger partial charge in [0, 0.05) is 26.1 Å². The lowest BCUT2D eigenvalue weighted by atomic mass is 9.96. The highest BCUT2D eigenvalue weighted by Crippen LogP contribution is 2.20. The third-order valence-electron chi connectivity index (χ3n) is 11.6. The van der Waals surface area contributed by atoms with E-state index in [-0.39, 0.29) is 31.3 Å². The first-order valence-electron chi connectivity index (χ1n) is 26.8. The zero-order valence-corrected chi connectivity index (χ0v) is 44.0. The van der Waals surface area contributed by atoms with Crippen molar-refractivity contribution >= 4 is 22.1 Å². The third kappa shape index (κ3) is 49.0. The predicted molar refractivity (Wildman–Crippen MR) is 266 cm³/mol. The molecule has 0 fully saturated rings. The number of carbonyl (C=O) groups excluding carboxylic acids is 2. The van der Waals surface area contributed by atoms with Crippen LogP contribution < -0.4 is 0 Å². The predicted octanol–water partition coefficient (Wildman–Crippen LogP) is 11.8. The smallest absolute Gasteiger partial charge is 0.305 e. The Labute approximate surface area is 405 Å². The lowest BCUT2D eigenvalue weighted by molar-refractivity contribution is -0.146. The van der Waals surface area contributed by atoms with Crippen molar-refractivity contribution in [2.24, 2.45) is 11.8 Å². The van der Waals surface area contributed by atoms with Gasteiger partial charge in [-0.25, -0.2) is 0 Å². The van der Waals surface area contributed by atoms with E-state index in [1.165, 1.54) is 83.5 Å². The summed E-state index contributed by atoms with van der Waals surface area (Å²) >= 11 is 0. The van der Waals surface area contributed by atoms with E-state index >= 15 is 0 Å². The van der Waals surface area contributed by atoms with Crippen LogP contribution >= 0.6 is 0 Å². The van der Waals surface area contributed by atoms with Gasteiger partial charge < -0.3 is 37.9 Å². The number of hydrogen-bond donors (Lipinski definition) is 0. The molecule has 13 nitrogen and oxygen atoms in total. The van der Waals surface area contributed by atoms with Gasteiger partial charge in [-0.3, -0.25) is 13.8 Å². The summed E-state index contributed by atoms with van der Waals surface area (Å²) in [6.07, 6.45) is 31.1. The molecular formula is C52H102O13S. The summed E-state index contributed by atoms with van der Waals surface area (Å²) in [6, 6.07) is 0. The van der Waals surface area contributed by atoms with Gasteiger partial charge in [-0.05, 0) is 63.2 Å². The number of carbonyl (C=O) groups is 2. The molecule has 0 rings (SSSR count). The summed E-state index contributed by atoms with van der Waals surface area (Å²) in [4.78, 5) is 24.9. The van der Waals surface area contributed by atoms with Crippen LogP contribution in [0.15, 0.2) is 0 Å². The van der Waals surface area contributed by atoms with Gasteiger partial charge in [0.25, 0.3) is 10.1 Å². The molecule has 0 amide bonds. The summed E-state index contributed by atoms with van der Waals surface area (Å²) in [7, 11) is -3.45. The summed E-state index contributed by atoms with van der Waals surface area (Å²) in [5.41, 5.74) is 0. The van der Waals surface area contributed by atoms with Crippen molar-refractivity contribution in [3.8, 4) is 0 Å².